The Bertz CT molecular complexity index is 462. The van der Waals surface area contributed by atoms with Gasteiger partial charge in [0.05, 0.1) is 7.11 Å². The number of nitrogens with zero attached hydrogens (tertiary/aromatic N) is 3. The Morgan fingerprint density at radius 3 is 2.50 bits per heavy atom. The summed E-state index contributed by atoms with van der Waals surface area (Å²) in [5.74, 6) is 0. The van der Waals surface area contributed by atoms with E-state index >= 15 is 0 Å². The summed E-state index contributed by atoms with van der Waals surface area (Å²) in [6.07, 6.45) is 1.72. The highest BCUT2D eigenvalue weighted by molar-refractivity contribution is 5.57. The Morgan fingerprint density at radius 2 is 1.88 bits per heavy atom. The van der Waals surface area contributed by atoms with Crippen molar-refractivity contribution in [2.45, 2.75) is 0 Å². The number of ether oxygens (including phenoxy) is 1. The molecule has 0 atom stereocenters. The maximum Gasteiger partial charge on any atom is 0.519 e. The molecule has 0 spiro atoms. The van der Waals surface area contributed by atoms with Gasteiger partial charge in [-0.3, -0.25) is 0 Å². The summed E-state index contributed by atoms with van der Waals surface area (Å²) in [5, 5.41) is 4.16. The Balaban J connectivity index is 0.00000128. The Morgan fingerprint density at radius 1 is 1.19 bits per heavy atom. The van der Waals surface area contributed by atoms with Gasteiger partial charge >= 0.3 is 6.01 Å². The van der Waals surface area contributed by atoms with E-state index in [4.69, 9.17) is 4.74 Å². The highest BCUT2D eigenvalue weighted by Crippen LogP contribution is 2.15. The molecule has 16 heavy (non-hydrogen) atoms. The van der Waals surface area contributed by atoms with Crippen molar-refractivity contribution in [3.05, 3.63) is 36.5 Å². The van der Waals surface area contributed by atoms with Crippen LogP contribution < -0.4 is 33.4 Å². The van der Waals surface area contributed by atoms with Gasteiger partial charge in [0.1, 0.15) is 13.2 Å². The van der Waals surface area contributed by atoms with Gasteiger partial charge in [-0.1, -0.05) is 40.1 Å². The van der Waals surface area contributed by atoms with Crippen molar-refractivity contribution in [1.82, 2.24) is 10.1 Å². The average molecular weight is 329 g/mol. The van der Waals surface area contributed by atoms with Crippen LogP contribution in [0.15, 0.2) is 36.5 Å². The van der Waals surface area contributed by atoms with E-state index in [-0.39, 0.29) is 24.0 Å². The van der Waals surface area contributed by atoms with Crippen molar-refractivity contribution in [2.75, 3.05) is 7.11 Å². The van der Waals surface area contributed by atoms with E-state index < -0.39 is 0 Å². The van der Waals surface area contributed by atoms with Crippen molar-refractivity contribution in [2.24, 2.45) is 7.05 Å². The van der Waals surface area contributed by atoms with Crippen LogP contribution in [0.2, 0.25) is 0 Å². The fraction of sp³-hybridized carbons (Fsp3) is 0.182. The minimum atomic E-state index is 0. The first-order chi connectivity index (χ1) is 7.31. The van der Waals surface area contributed by atoms with Crippen molar-refractivity contribution >= 4 is 0 Å². The van der Waals surface area contributed by atoms with E-state index in [1.54, 1.807) is 25.0 Å². The highest BCUT2D eigenvalue weighted by Gasteiger charge is 2.14. The van der Waals surface area contributed by atoms with Crippen LogP contribution in [0.1, 0.15) is 0 Å². The second-order valence-corrected chi connectivity index (χ2v) is 3.12. The number of hydrogen-bond acceptors (Lipinski definition) is 3. The monoisotopic (exact) mass is 329 g/mol. The molecule has 0 aliphatic rings. The van der Waals surface area contributed by atoms with Gasteiger partial charge in [-0.05, 0) is 4.98 Å². The lowest BCUT2D eigenvalue weighted by molar-refractivity contribution is -0.737. The molecule has 0 fully saturated rings. The van der Waals surface area contributed by atoms with Crippen LogP contribution >= 0.6 is 0 Å². The molecule has 84 valence electrons. The van der Waals surface area contributed by atoms with Crippen LogP contribution in [0, 0.1) is 0 Å². The number of rotatable bonds is 2. The zero-order valence-corrected chi connectivity index (χ0v) is 11.2. The standard InChI is InChI=1S/C11H12N3O.HI/c1-14-11(15-2)13-10(8-12-14)9-6-4-3-5-7-9;/h3-8H,1-2H3;1H/q+1;/p-1. The van der Waals surface area contributed by atoms with Crippen LogP contribution in [0.3, 0.4) is 0 Å². The van der Waals surface area contributed by atoms with Gasteiger partial charge in [0.25, 0.3) is 0 Å². The summed E-state index contributed by atoms with van der Waals surface area (Å²) in [6.45, 7) is 0. The van der Waals surface area contributed by atoms with Crippen LogP contribution in [-0.4, -0.2) is 17.2 Å². The Kier molecular flexibility index (Phi) is 4.60. The number of halogens is 1. The van der Waals surface area contributed by atoms with Gasteiger partial charge in [-0.15, -0.1) is 0 Å². The smallest absolute Gasteiger partial charge is 0.519 e. The molecule has 1 aromatic carbocycles. The van der Waals surface area contributed by atoms with Crippen LogP contribution in [0.4, 0.5) is 0 Å². The molecule has 0 saturated carbocycles. The first kappa shape index (κ1) is 12.8. The third-order valence-electron chi connectivity index (χ3n) is 2.10. The molecule has 0 saturated heterocycles. The fourth-order valence-corrected chi connectivity index (χ4v) is 1.32. The molecule has 2 aromatic rings. The normalized spacial score (nSPS) is 9.38. The molecule has 1 heterocycles. The first-order valence-electron chi connectivity index (χ1n) is 4.64. The molecular weight excluding hydrogens is 317 g/mol. The molecule has 5 heteroatoms. The molecule has 2 rings (SSSR count). The molecule has 0 aliphatic carbocycles. The van der Waals surface area contributed by atoms with Crippen molar-refractivity contribution in [3.63, 3.8) is 0 Å². The summed E-state index contributed by atoms with van der Waals surface area (Å²) in [7, 11) is 3.37. The third-order valence-corrected chi connectivity index (χ3v) is 2.10. The Hall–Kier alpha value is -1.24. The molecule has 0 bridgehead atoms. The second kappa shape index (κ2) is 5.74. The van der Waals surface area contributed by atoms with Crippen LogP contribution in [-0.2, 0) is 7.05 Å². The van der Waals surface area contributed by atoms with Gasteiger partial charge in [0.2, 0.25) is 5.69 Å². The number of hydrogen-bond donors (Lipinski definition) is 0. The molecule has 4 nitrogen and oxygen atoms in total. The third kappa shape index (κ3) is 2.66. The summed E-state index contributed by atoms with van der Waals surface area (Å²) < 4.78 is 6.69. The topological polar surface area (TPSA) is 38.9 Å². The number of aryl methyl sites for hydroxylation is 1. The zero-order chi connectivity index (χ0) is 10.7. The number of methoxy groups -OCH3 is 1. The molecule has 1 aromatic heterocycles. The van der Waals surface area contributed by atoms with Gasteiger partial charge in [-0.2, -0.15) is 0 Å². The lowest BCUT2D eigenvalue weighted by atomic mass is 10.2. The minimum absolute atomic E-state index is 0. The Labute approximate surface area is 111 Å². The average Bonchev–Trinajstić information content (AvgIpc) is 2.31. The van der Waals surface area contributed by atoms with E-state index in [2.05, 4.69) is 10.1 Å². The molecule has 0 aliphatic heterocycles. The number of aromatic nitrogens is 3. The predicted octanol–water partition coefficient (Wildman–Crippen LogP) is -2.02. The summed E-state index contributed by atoms with van der Waals surface area (Å²) in [6, 6.07) is 10.4. The molecule has 0 amide bonds. The lowest BCUT2D eigenvalue weighted by Crippen LogP contribution is -3.00. The molecule has 0 N–H and O–H groups in total. The molecule has 0 radical (unpaired) electrons. The fourth-order valence-electron chi connectivity index (χ4n) is 1.32. The van der Waals surface area contributed by atoms with Gasteiger partial charge in [0, 0.05) is 5.56 Å². The molecular formula is C11H12IN3O. The van der Waals surface area contributed by atoms with E-state index in [0.717, 1.165) is 11.3 Å². The minimum Gasteiger partial charge on any atom is -1.00 e. The summed E-state index contributed by atoms with van der Waals surface area (Å²) >= 11 is 0. The quantitative estimate of drug-likeness (QED) is 0.472. The lowest BCUT2D eigenvalue weighted by Gasteiger charge is -1.97. The van der Waals surface area contributed by atoms with Gasteiger partial charge in [-0.25, -0.2) is 0 Å². The van der Waals surface area contributed by atoms with E-state index in [1.807, 2.05) is 30.3 Å². The largest absolute Gasteiger partial charge is 1.00 e. The van der Waals surface area contributed by atoms with Crippen molar-refractivity contribution in [3.8, 4) is 17.3 Å². The van der Waals surface area contributed by atoms with Gasteiger partial charge < -0.3 is 28.7 Å². The van der Waals surface area contributed by atoms with E-state index in [1.165, 1.54) is 0 Å². The predicted molar refractivity (Wildman–Crippen MR) is 55.2 cm³/mol. The second-order valence-electron chi connectivity index (χ2n) is 3.12. The van der Waals surface area contributed by atoms with Crippen LogP contribution in [0.25, 0.3) is 11.3 Å². The number of benzene rings is 1. The van der Waals surface area contributed by atoms with E-state index in [9.17, 15) is 0 Å². The van der Waals surface area contributed by atoms with Gasteiger partial charge in [0.15, 0.2) is 0 Å². The zero-order valence-electron chi connectivity index (χ0n) is 9.09. The SMILES string of the molecule is COc1nc(-c2ccccc2)cn[n+]1C.[I-]. The maximum atomic E-state index is 5.10. The van der Waals surface area contributed by atoms with Crippen molar-refractivity contribution < 1.29 is 33.4 Å². The first-order valence-corrected chi connectivity index (χ1v) is 4.64. The maximum absolute atomic E-state index is 5.10. The van der Waals surface area contributed by atoms with Crippen molar-refractivity contribution in [1.29, 1.82) is 0 Å². The summed E-state index contributed by atoms with van der Waals surface area (Å²) in [4.78, 5) is 4.34. The van der Waals surface area contributed by atoms with Crippen LogP contribution in [0.5, 0.6) is 6.01 Å². The highest BCUT2D eigenvalue weighted by atomic mass is 127. The van der Waals surface area contributed by atoms with E-state index in [0.29, 0.717) is 6.01 Å². The summed E-state index contributed by atoms with van der Waals surface area (Å²) in [5.41, 5.74) is 1.84. The molecule has 0 unspecified atom stereocenters.